The number of nitrogens with two attached hydrogens (primary N) is 1. The summed E-state index contributed by atoms with van der Waals surface area (Å²) in [6.45, 7) is 4.23. The highest BCUT2D eigenvalue weighted by Crippen LogP contribution is 2.29. The van der Waals surface area contributed by atoms with Gasteiger partial charge in [-0.1, -0.05) is 25.4 Å². The largest absolute Gasteiger partial charge is 0.398 e. The third-order valence-electron chi connectivity index (χ3n) is 3.04. The summed E-state index contributed by atoms with van der Waals surface area (Å²) in [5.74, 6) is 0.692. The molecule has 1 aromatic heterocycles. The van der Waals surface area contributed by atoms with Crippen LogP contribution >= 0.6 is 11.6 Å². The Bertz CT molecular complexity index is 533. The van der Waals surface area contributed by atoms with Crippen LogP contribution < -0.4 is 5.73 Å². The number of benzene rings is 1. The van der Waals surface area contributed by atoms with Crippen molar-refractivity contribution < 1.29 is 0 Å². The van der Waals surface area contributed by atoms with E-state index in [9.17, 15) is 0 Å². The van der Waals surface area contributed by atoms with Crippen LogP contribution in [0.15, 0.2) is 18.2 Å². The molecular formula is C12H16ClN5. The number of rotatable bonds is 4. The highest BCUT2D eigenvalue weighted by Gasteiger charge is 2.17. The quantitative estimate of drug-likeness (QED) is 0.863. The summed E-state index contributed by atoms with van der Waals surface area (Å²) in [6, 6.07) is 5.63. The minimum absolute atomic E-state index is 0.282. The Labute approximate surface area is 111 Å². The van der Waals surface area contributed by atoms with Gasteiger partial charge in [0.2, 0.25) is 0 Å². The third kappa shape index (κ3) is 2.31. The highest BCUT2D eigenvalue weighted by molar-refractivity contribution is 6.31. The molecule has 2 N–H and O–H groups in total. The van der Waals surface area contributed by atoms with Gasteiger partial charge >= 0.3 is 0 Å². The van der Waals surface area contributed by atoms with E-state index in [4.69, 9.17) is 17.3 Å². The standard InChI is InChI=1S/C12H16ClN5/c1-3-9(4-2)18-12(15-16-17-18)10-6-5-8(13)7-11(10)14/h5-7,9H,3-4,14H2,1-2H3. The summed E-state index contributed by atoms with van der Waals surface area (Å²) in [5.41, 5.74) is 7.37. The number of aromatic nitrogens is 4. The van der Waals surface area contributed by atoms with Crippen molar-refractivity contribution in [3.05, 3.63) is 23.2 Å². The lowest BCUT2D eigenvalue weighted by Crippen LogP contribution is -2.11. The van der Waals surface area contributed by atoms with Gasteiger partial charge in [0.25, 0.3) is 0 Å². The molecular weight excluding hydrogens is 250 g/mol. The van der Waals surface area contributed by atoms with E-state index in [1.807, 2.05) is 10.7 Å². The summed E-state index contributed by atoms with van der Waals surface area (Å²) in [7, 11) is 0. The van der Waals surface area contributed by atoms with Gasteiger partial charge in [0.05, 0.1) is 6.04 Å². The van der Waals surface area contributed by atoms with Crippen molar-refractivity contribution in [3.8, 4) is 11.4 Å². The highest BCUT2D eigenvalue weighted by atomic mass is 35.5. The van der Waals surface area contributed by atoms with Crippen molar-refractivity contribution in [2.24, 2.45) is 0 Å². The fourth-order valence-electron chi connectivity index (χ4n) is 1.99. The first kappa shape index (κ1) is 12.8. The van der Waals surface area contributed by atoms with Gasteiger partial charge in [-0.25, -0.2) is 4.68 Å². The van der Waals surface area contributed by atoms with Gasteiger partial charge in [-0.05, 0) is 41.5 Å². The first-order valence-corrected chi connectivity index (χ1v) is 6.38. The van der Waals surface area contributed by atoms with Gasteiger partial charge in [-0.2, -0.15) is 0 Å². The summed E-state index contributed by atoms with van der Waals surface area (Å²) in [4.78, 5) is 0. The Morgan fingerprint density at radius 3 is 2.67 bits per heavy atom. The number of nitrogen functional groups attached to an aromatic ring is 1. The van der Waals surface area contributed by atoms with Crippen LogP contribution in [0.5, 0.6) is 0 Å². The Morgan fingerprint density at radius 1 is 1.33 bits per heavy atom. The summed E-state index contributed by atoms with van der Waals surface area (Å²) >= 11 is 5.90. The maximum atomic E-state index is 5.97. The third-order valence-corrected chi connectivity index (χ3v) is 3.27. The number of tetrazole rings is 1. The zero-order valence-corrected chi connectivity index (χ0v) is 11.2. The molecule has 2 aromatic rings. The Balaban J connectivity index is 2.48. The van der Waals surface area contributed by atoms with E-state index < -0.39 is 0 Å². The van der Waals surface area contributed by atoms with Crippen LogP contribution in [0.25, 0.3) is 11.4 Å². The number of halogens is 1. The molecule has 0 amide bonds. The molecule has 0 bridgehead atoms. The maximum Gasteiger partial charge on any atom is 0.184 e. The molecule has 0 saturated heterocycles. The molecule has 0 aliphatic carbocycles. The van der Waals surface area contributed by atoms with Crippen LogP contribution in [0.4, 0.5) is 5.69 Å². The van der Waals surface area contributed by atoms with Crippen LogP contribution in [0.1, 0.15) is 32.7 Å². The smallest absolute Gasteiger partial charge is 0.184 e. The molecule has 1 heterocycles. The average Bonchev–Trinajstić information content (AvgIpc) is 2.80. The first-order chi connectivity index (χ1) is 8.67. The van der Waals surface area contributed by atoms with Crippen molar-refractivity contribution >= 4 is 17.3 Å². The summed E-state index contributed by atoms with van der Waals surface area (Å²) in [5, 5.41) is 12.5. The molecule has 0 atom stereocenters. The van der Waals surface area contributed by atoms with Gasteiger partial charge in [0.1, 0.15) is 0 Å². The second-order valence-corrected chi connectivity index (χ2v) is 4.59. The molecule has 0 saturated carbocycles. The molecule has 0 aliphatic heterocycles. The van der Waals surface area contributed by atoms with Crippen LogP contribution in [0.2, 0.25) is 5.02 Å². The van der Waals surface area contributed by atoms with E-state index >= 15 is 0 Å². The van der Waals surface area contributed by atoms with E-state index in [1.54, 1.807) is 12.1 Å². The molecule has 0 spiro atoms. The normalized spacial score (nSPS) is 11.1. The van der Waals surface area contributed by atoms with Crippen LogP contribution in [-0.2, 0) is 0 Å². The van der Waals surface area contributed by atoms with Crippen LogP contribution in [0, 0.1) is 0 Å². The van der Waals surface area contributed by atoms with Crippen molar-refractivity contribution in [2.75, 3.05) is 5.73 Å². The number of hydrogen-bond donors (Lipinski definition) is 1. The fourth-order valence-corrected chi connectivity index (χ4v) is 2.17. The van der Waals surface area contributed by atoms with Crippen molar-refractivity contribution in [1.29, 1.82) is 0 Å². The molecule has 0 unspecified atom stereocenters. The summed E-state index contributed by atoms with van der Waals surface area (Å²) in [6.07, 6.45) is 1.95. The van der Waals surface area contributed by atoms with Crippen molar-refractivity contribution in [1.82, 2.24) is 20.2 Å². The maximum absolute atomic E-state index is 5.97. The second-order valence-electron chi connectivity index (χ2n) is 4.15. The molecule has 2 rings (SSSR count). The lowest BCUT2D eigenvalue weighted by atomic mass is 10.1. The minimum Gasteiger partial charge on any atom is -0.398 e. The summed E-state index contributed by atoms with van der Waals surface area (Å²) < 4.78 is 1.83. The van der Waals surface area contributed by atoms with Crippen molar-refractivity contribution in [2.45, 2.75) is 32.7 Å². The second kappa shape index (κ2) is 5.35. The molecule has 18 heavy (non-hydrogen) atoms. The predicted molar refractivity (Wildman–Crippen MR) is 72.3 cm³/mol. The lowest BCUT2D eigenvalue weighted by molar-refractivity contribution is 0.422. The Hall–Kier alpha value is -1.62. The molecule has 5 nitrogen and oxygen atoms in total. The monoisotopic (exact) mass is 265 g/mol. The molecule has 0 aliphatic rings. The molecule has 0 fully saturated rings. The number of hydrogen-bond acceptors (Lipinski definition) is 4. The van der Waals surface area contributed by atoms with E-state index in [2.05, 4.69) is 29.4 Å². The van der Waals surface area contributed by atoms with Gasteiger partial charge in [-0.3, -0.25) is 0 Å². The van der Waals surface area contributed by atoms with Crippen molar-refractivity contribution in [3.63, 3.8) is 0 Å². The zero-order chi connectivity index (χ0) is 13.1. The van der Waals surface area contributed by atoms with Gasteiger partial charge in [0, 0.05) is 16.3 Å². The van der Waals surface area contributed by atoms with Gasteiger partial charge in [-0.15, -0.1) is 5.10 Å². The molecule has 96 valence electrons. The topological polar surface area (TPSA) is 69.6 Å². The average molecular weight is 266 g/mol. The van der Waals surface area contributed by atoms with Crippen LogP contribution in [-0.4, -0.2) is 20.2 Å². The molecule has 0 radical (unpaired) electrons. The molecule has 6 heteroatoms. The van der Waals surface area contributed by atoms with E-state index in [0.717, 1.165) is 18.4 Å². The molecule has 1 aromatic carbocycles. The fraction of sp³-hybridized carbons (Fsp3) is 0.417. The zero-order valence-electron chi connectivity index (χ0n) is 10.5. The first-order valence-electron chi connectivity index (χ1n) is 6.00. The van der Waals surface area contributed by atoms with E-state index in [1.165, 1.54) is 0 Å². The van der Waals surface area contributed by atoms with E-state index in [-0.39, 0.29) is 6.04 Å². The number of nitrogens with zero attached hydrogens (tertiary/aromatic N) is 4. The Morgan fingerprint density at radius 2 is 2.06 bits per heavy atom. The minimum atomic E-state index is 0.282. The SMILES string of the molecule is CCC(CC)n1nnnc1-c1ccc(Cl)cc1N. The van der Waals surface area contributed by atoms with E-state index in [0.29, 0.717) is 16.5 Å². The predicted octanol–water partition coefficient (Wildman–Crippen LogP) is 2.94. The lowest BCUT2D eigenvalue weighted by Gasteiger charge is -2.14. The van der Waals surface area contributed by atoms with Gasteiger partial charge < -0.3 is 5.73 Å². The Kier molecular flexibility index (Phi) is 3.81. The number of anilines is 1. The van der Waals surface area contributed by atoms with Gasteiger partial charge in [0.15, 0.2) is 5.82 Å². The van der Waals surface area contributed by atoms with Crippen LogP contribution in [0.3, 0.4) is 0 Å².